The number of aromatic nitrogens is 2. The van der Waals surface area contributed by atoms with Gasteiger partial charge in [0.2, 0.25) is 0 Å². The van der Waals surface area contributed by atoms with Crippen molar-refractivity contribution >= 4 is 23.1 Å². The molecule has 0 fully saturated rings. The van der Waals surface area contributed by atoms with Gasteiger partial charge >= 0.3 is 0 Å². The third-order valence-electron chi connectivity index (χ3n) is 4.56. The van der Waals surface area contributed by atoms with Crippen LogP contribution >= 0.6 is 0 Å². The van der Waals surface area contributed by atoms with E-state index in [4.69, 9.17) is 4.74 Å². The van der Waals surface area contributed by atoms with Crippen molar-refractivity contribution in [1.29, 1.82) is 0 Å². The number of hydrogen-bond acceptors (Lipinski definition) is 5. The van der Waals surface area contributed by atoms with E-state index in [1.165, 1.54) is 6.33 Å². The summed E-state index contributed by atoms with van der Waals surface area (Å²) in [6, 6.07) is 26.3. The first-order chi connectivity index (χ1) is 15.2. The Morgan fingerprint density at radius 2 is 1.68 bits per heavy atom. The number of rotatable bonds is 7. The minimum atomic E-state index is -0.194. The van der Waals surface area contributed by atoms with Crippen LogP contribution in [0.25, 0.3) is 11.3 Å². The van der Waals surface area contributed by atoms with E-state index >= 15 is 0 Å². The van der Waals surface area contributed by atoms with E-state index in [2.05, 4.69) is 20.6 Å². The molecule has 2 N–H and O–H groups in total. The smallest absolute Gasteiger partial charge is 0.255 e. The van der Waals surface area contributed by atoms with Gasteiger partial charge < -0.3 is 15.4 Å². The Labute approximate surface area is 181 Å². The van der Waals surface area contributed by atoms with Crippen LogP contribution in [0.3, 0.4) is 0 Å². The van der Waals surface area contributed by atoms with Crippen molar-refractivity contribution in [3.63, 3.8) is 0 Å². The summed E-state index contributed by atoms with van der Waals surface area (Å²) < 4.78 is 5.43. The molecule has 31 heavy (non-hydrogen) atoms. The maximum Gasteiger partial charge on any atom is 0.255 e. The number of nitrogens with one attached hydrogen (secondary N) is 2. The predicted octanol–water partition coefficient (Wildman–Crippen LogP) is 5.54. The lowest BCUT2D eigenvalue weighted by atomic mass is 10.1. The molecule has 4 aromatic rings. The summed E-state index contributed by atoms with van der Waals surface area (Å²) >= 11 is 0. The summed E-state index contributed by atoms with van der Waals surface area (Å²) in [7, 11) is 0. The monoisotopic (exact) mass is 410 g/mol. The number of hydrogen-bond donors (Lipinski definition) is 2. The lowest BCUT2D eigenvalue weighted by Gasteiger charge is -2.10. The molecule has 0 saturated heterocycles. The summed E-state index contributed by atoms with van der Waals surface area (Å²) in [4.78, 5) is 21.3. The fourth-order valence-electron chi connectivity index (χ4n) is 3.08. The summed E-state index contributed by atoms with van der Waals surface area (Å²) in [6.07, 6.45) is 1.52. The highest BCUT2D eigenvalue weighted by Gasteiger charge is 2.08. The average Bonchev–Trinajstić information content (AvgIpc) is 2.81. The maximum atomic E-state index is 12.7. The Hall–Kier alpha value is -4.19. The zero-order valence-electron chi connectivity index (χ0n) is 17.1. The van der Waals surface area contributed by atoms with Gasteiger partial charge in [-0.15, -0.1) is 0 Å². The molecule has 0 aliphatic heterocycles. The zero-order chi connectivity index (χ0) is 21.5. The molecule has 0 bridgehead atoms. The minimum absolute atomic E-state index is 0.194. The zero-order valence-corrected chi connectivity index (χ0v) is 17.1. The number of carbonyl (C=O) groups is 1. The van der Waals surface area contributed by atoms with Gasteiger partial charge in [0.15, 0.2) is 0 Å². The summed E-state index contributed by atoms with van der Waals surface area (Å²) in [6.45, 7) is 2.53. The number of anilines is 3. The molecule has 4 rings (SSSR count). The van der Waals surface area contributed by atoms with Gasteiger partial charge in [0, 0.05) is 28.6 Å². The van der Waals surface area contributed by atoms with Gasteiger partial charge in [-0.1, -0.05) is 36.4 Å². The van der Waals surface area contributed by atoms with Gasteiger partial charge in [0.1, 0.15) is 17.9 Å². The van der Waals surface area contributed by atoms with Crippen molar-refractivity contribution in [1.82, 2.24) is 9.97 Å². The first-order valence-electron chi connectivity index (χ1n) is 10.00. The molecule has 0 aliphatic rings. The quantitative estimate of drug-likeness (QED) is 0.418. The van der Waals surface area contributed by atoms with Crippen LogP contribution in [0.1, 0.15) is 17.3 Å². The Kier molecular flexibility index (Phi) is 6.18. The Morgan fingerprint density at radius 3 is 2.45 bits per heavy atom. The number of ether oxygens (including phenoxy) is 1. The van der Waals surface area contributed by atoms with E-state index in [0.29, 0.717) is 23.7 Å². The van der Waals surface area contributed by atoms with Crippen molar-refractivity contribution in [2.75, 3.05) is 17.2 Å². The first kappa shape index (κ1) is 20.1. The maximum absolute atomic E-state index is 12.7. The second-order valence-electron chi connectivity index (χ2n) is 6.77. The molecular weight excluding hydrogens is 388 g/mol. The van der Waals surface area contributed by atoms with Crippen LogP contribution in [0.5, 0.6) is 5.75 Å². The lowest BCUT2D eigenvalue weighted by molar-refractivity contribution is 0.102. The Morgan fingerprint density at radius 1 is 0.871 bits per heavy atom. The molecule has 1 aromatic heterocycles. The molecule has 0 saturated carbocycles. The van der Waals surface area contributed by atoms with Crippen molar-refractivity contribution in [3.05, 3.63) is 96.8 Å². The summed E-state index contributed by atoms with van der Waals surface area (Å²) in [5, 5.41) is 6.15. The Balaban J connectivity index is 1.46. The number of carbonyl (C=O) groups excluding carboxylic acids is 1. The molecule has 1 heterocycles. The summed E-state index contributed by atoms with van der Waals surface area (Å²) in [5.41, 5.74) is 3.84. The molecule has 0 atom stereocenters. The van der Waals surface area contributed by atoms with Crippen LogP contribution in [0.4, 0.5) is 17.2 Å². The molecule has 3 aromatic carbocycles. The molecule has 1 amide bonds. The van der Waals surface area contributed by atoms with Crippen LogP contribution < -0.4 is 15.4 Å². The van der Waals surface area contributed by atoms with Gasteiger partial charge in [0.25, 0.3) is 5.91 Å². The van der Waals surface area contributed by atoms with Gasteiger partial charge in [0.05, 0.1) is 12.3 Å². The highest BCUT2D eigenvalue weighted by Crippen LogP contribution is 2.22. The molecule has 154 valence electrons. The third kappa shape index (κ3) is 5.25. The molecule has 6 nitrogen and oxygen atoms in total. The Bertz CT molecular complexity index is 1160. The minimum Gasteiger partial charge on any atom is -0.494 e. The van der Waals surface area contributed by atoms with Crippen molar-refractivity contribution in [3.8, 4) is 17.0 Å². The fraction of sp³-hybridized carbons (Fsp3) is 0.0800. The van der Waals surface area contributed by atoms with Crippen LogP contribution in [-0.4, -0.2) is 22.5 Å². The largest absolute Gasteiger partial charge is 0.494 e. The molecular formula is C25H22N4O2. The number of amides is 1. The molecule has 0 unspecified atom stereocenters. The highest BCUT2D eigenvalue weighted by atomic mass is 16.5. The van der Waals surface area contributed by atoms with E-state index < -0.39 is 0 Å². The van der Waals surface area contributed by atoms with Gasteiger partial charge in [-0.05, 0) is 49.4 Å². The van der Waals surface area contributed by atoms with E-state index in [-0.39, 0.29) is 5.91 Å². The molecule has 0 aliphatic carbocycles. The van der Waals surface area contributed by atoms with E-state index in [1.54, 1.807) is 12.1 Å². The average molecular weight is 410 g/mol. The number of nitrogens with zero attached hydrogens (tertiary/aromatic N) is 2. The van der Waals surface area contributed by atoms with Crippen molar-refractivity contribution in [2.24, 2.45) is 0 Å². The topological polar surface area (TPSA) is 76.1 Å². The van der Waals surface area contributed by atoms with Gasteiger partial charge in [-0.2, -0.15) is 0 Å². The van der Waals surface area contributed by atoms with Crippen LogP contribution in [0.15, 0.2) is 91.3 Å². The van der Waals surface area contributed by atoms with E-state index in [1.807, 2.05) is 79.7 Å². The fourth-order valence-corrected chi connectivity index (χ4v) is 3.08. The normalized spacial score (nSPS) is 10.4. The lowest BCUT2D eigenvalue weighted by Crippen LogP contribution is -2.12. The highest BCUT2D eigenvalue weighted by molar-refractivity contribution is 6.04. The van der Waals surface area contributed by atoms with Gasteiger partial charge in [-0.25, -0.2) is 9.97 Å². The van der Waals surface area contributed by atoms with Crippen molar-refractivity contribution < 1.29 is 9.53 Å². The predicted molar refractivity (Wildman–Crippen MR) is 123 cm³/mol. The van der Waals surface area contributed by atoms with E-state index in [0.717, 1.165) is 22.7 Å². The third-order valence-corrected chi connectivity index (χ3v) is 4.56. The van der Waals surface area contributed by atoms with Crippen LogP contribution in [0.2, 0.25) is 0 Å². The first-order valence-corrected chi connectivity index (χ1v) is 10.00. The second kappa shape index (κ2) is 9.54. The molecule has 0 spiro atoms. The number of benzene rings is 3. The standard InChI is InChI=1S/C25H22N4O2/c1-2-31-22-13-11-20(12-14-22)29-25(30)19-9-6-10-21(15-19)28-24-16-23(26-17-27-24)18-7-4-3-5-8-18/h3-17H,2H2,1H3,(H,29,30)(H,26,27,28). The summed E-state index contributed by atoms with van der Waals surface area (Å²) in [5.74, 6) is 1.23. The van der Waals surface area contributed by atoms with Crippen LogP contribution in [-0.2, 0) is 0 Å². The van der Waals surface area contributed by atoms with Crippen molar-refractivity contribution in [2.45, 2.75) is 6.92 Å². The van der Waals surface area contributed by atoms with Crippen LogP contribution in [0, 0.1) is 0 Å². The van der Waals surface area contributed by atoms with Gasteiger partial charge in [-0.3, -0.25) is 4.79 Å². The molecule has 6 heteroatoms. The second-order valence-corrected chi connectivity index (χ2v) is 6.77. The molecule has 0 radical (unpaired) electrons. The van der Waals surface area contributed by atoms with E-state index in [9.17, 15) is 4.79 Å². The SMILES string of the molecule is CCOc1ccc(NC(=O)c2cccc(Nc3cc(-c4ccccc4)ncn3)c2)cc1.